The van der Waals surface area contributed by atoms with E-state index < -0.39 is 0 Å². The molecule has 0 aliphatic carbocycles. The highest BCUT2D eigenvalue weighted by atomic mass is 32.2. The van der Waals surface area contributed by atoms with Crippen molar-refractivity contribution >= 4 is 11.8 Å². The lowest BCUT2D eigenvalue weighted by Crippen LogP contribution is -2.13. The molecule has 0 unspecified atom stereocenters. The number of fused-ring (bicyclic) bond motifs is 2. The molecule has 0 aromatic heterocycles. The maximum Gasteiger partial charge on any atom is 0.0135 e. The Morgan fingerprint density at radius 2 is 2.00 bits per heavy atom. The molecule has 0 N–H and O–H groups in total. The Morgan fingerprint density at radius 1 is 1.38 bits per heavy atom. The van der Waals surface area contributed by atoms with Crippen molar-refractivity contribution in [3.8, 4) is 0 Å². The molecule has 0 nitrogen and oxygen atoms in total. The molecule has 0 radical (unpaired) electrons. The minimum atomic E-state index is 0.727. The lowest BCUT2D eigenvalue weighted by molar-refractivity contribution is 0.478. The van der Waals surface area contributed by atoms with Crippen LogP contribution in [0, 0.1) is 0 Å². The van der Waals surface area contributed by atoms with E-state index in [1.807, 2.05) is 0 Å². The van der Waals surface area contributed by atoms with Crippen LogP contribution in [0.1, 0.15) is 32.6 Å². The molecule has 0 aromatic carbocycles. The number of hydrogen-bond donors (Lipinski definition) is 0. The van der Waals surface area contributed by atoms with Gasteiger partial charge in [0, 0.05) is 10.00 Å². The number of rotatable bonds is 0. The van der Waals surface area contributed by atoms with Crippen LogP contribution in [0.15, 0.2) is 0 Å². The van der Waals surface area contributed by atoms with Crippen molar-refractivity contribution in [1.82, 2.24) is 0 Å². The van der Waals surface area contributed by atoms with Crippen molar-refractivity contribution in [2.45, 2.75) is 42.6 Å². The topological polar surface area (TPSA) is 0 Å². The van der Waals surface area contributed by atoms with E-state index in [0.717, 1.165) is 10.00 Å². The van der Waals surface area contributed by atoms with Gasteiger partial charge in [0.1, 0.15) is 0 Å². The summed E-state index contributed by atoms with van der Waals surface area (Å²) in [4.78, 5) is 0. The molecular formula is C7H12S. The van der Waals surface area contributed by atoms with Gasteiger partial charge in [-0.05, 0) is 25.7 Å². The van der Waals surface area contributed by atoms with E-state index in [1.165, 1.54) is 25.7 Å². The number of hydrogen-bond acceptors (Lipinski definition) is 1. The van der Waals surface area contributed by atoms with E-state index in [1.54, 1.807) is 0 Å². The van der Waals surface area contributed by atoms with Crippen LogP contribution in [0.3, 0.4) is 0 Å². The maximum atomic E-state index is 2.42. The average Bonchev–Trinajstić information content (AvgIpc) is 2.21. The second kappa shape index (κ2) is 1.44. The van der Waals surface area contributed by atoms with E-state index in [-0.39, 0.29) is 0 Å². The van der Waals surface area contributed by atoms with E-state index >= 15 is 0 Å². The zero-order valence-corrected chi connectivity index (χ0v) is 6.13. The van der Waals surface area contributed by atoms with Gasteiger partial charge in [0.25, 0.3) is 0 Å². The molecule has 2 bridgehead atoms. The van der Waals surface area contributed by atoms with Gasteiger partial charge in [-0.25, -0.2) is 0 Å². The van der Waals surface area contributed by atoms with Gasteiger partial charge in [-0.3, -0.25) is 0 Å². The summed E-state index contributed by atoms with van der Waals surface area (Å²) < 4.78 is 0.727. The van der Waals surface area contributed by atoms with Gasteiger partial charge in [-0.15, -0.1) is 0 Å². The second-order valence-corrected chi connectivity index (χ2v) is 5.16. The van der Waals surface area contributed by atoms with Crippen LogP contribution < -0.4 is 0 Å². The van der Waals surface area contributed by atoms with Gasteiger partial charge < -0.3 is 0 Å². The van der Waals surface area contributed by atoms with E-state index in [9.17, 15) is 0 Å². The van der Waals surface area contributed by atoms with Crippen LogP contribution in [0.25, 0.3) is 0 Å². The summed E-state index contributed by atoms with van der Waals surface area (Å²) >= 11 is 2.23. The van der Waals surface area contributed by atoms with Gasteiger partial charge in [-0.1, -0.05) is 6.92 Å². The van der Waals surface area contributed by atoms with Gasteiger partial charge in [0.2, 0.25) is 0 Å². The summed E-state index contributed by atoms with van der Waals surface area (Å²) in [6.45, 7) is 2.42. The van der Waals surface area contributed by atoms with Crippen LogP contribution in [0.5, 0.6) is 0 Å². The normalized spacial score (nSPS) is 52.9. The average molecular weight is 128 g/mol. The largest absolute Gasteiger partial charge is 0.152 e. The molecule has 0 spiro atoms. The first-order valence-corrected chi connectivity index (χ1v) is 4.34. The van der Waals surface area contributed by atoms with Crippen LogP contribution in [-0.4, -0.2) is 10.00 Å². The van der Waals surface area contributed by atoms with Crippen LogP contribution >= 0.6 is 11.8 Å². The predicted molar refractivity (Wildman–Crippen MR) is 38.3 cm³/mol. The Bertz CT molecular complexity index is 101. The Balaban J connectivity index is 2.19. The fourth-order valence-corrected chi connectivity index (χ4v) is 3.59. The zero-order valence-electron chi connectivity index (χ0n) is 5.31. The third kappa shape index (κ3) is 0.604. The first-order chi connectivity index (χ1) is 3.79. The van der Waals surface area contributed by atoms with E-state index in [4.69, 9.17) is 0 Å². The summed E-state index contributed by atoms with van der Waals surface area (Å²) in [5.74, 6) is 0. The predicted octanol–water partition coefficient (Wildman–Crippen LogP) is 2.43. The SMILES string of the molecule is CC12CCC(CC1)S2. The molecule has 2 aliphatic heterocycles. The summed E-state index contributed by atoms with van der Waals surface area (Å²) in [7, 11) is 0. The van der Waals surface area contributed by atoms with Crippen molar-refractivity contribution in [2.75, 3.05) is 0 Å². The number of thioether (sulfide) groups is 1. The fraction of sp³-hybridized carbons (Fsp3) is 1.00. The smallest absolute Gasteiger partial charge is 0.0135 e. The Labute approximate surface area is 55.0 Å². The molecule has 2 heterocycles. The standard InChI is InChI=1S/C7H12S/c1-7-4-2-6(8-7)3-5-7/h6H,2-5H2,1H3. The lowest BCUT2D eigenvalue weighted by Gasteiger charge is -2.17. The van der Waals surface area contributed by atoms with Gasteiger partial charge >= 0.3 is 0 Å². The molecule has 2 saturated heterocycles. The first-order valence-electron chi connectivity index (χ1n) is 3.46. The minimum Gasteiger partial charge on any atom is -0.152 e. The molecule has 8 heavy (non-hydrogen) atoms. The van der Waals surface area contributed by atoms with Crippen LogP contribution in [0.4, 0.5) is 0 Å². The van der Waals surface area contributed by atoms with Gasteiger partial charge in [0.05, 0.1) is 0 Å². The Morgan fingerprint density at radius 3 is 2.12 bits per heavy atom. The summed E-state index contributed by atoms with van der Waals surface area (Å²) in [6, 6.07) is 0. The van der Waals surface area contributed by atoms with Crippen LogP contribution in [-0.2, 0) is 0 Å². The highest BCUT2D eigenvalue weighted by molar-refractivity contribution is 8.01. The molecule has 2 fully saturated rings. The van der Waals surface area contributed by atoms with E-state index in [2.05, 4.69) is 18.7 Å². The van der Waals surface area contributed by atoms with Crippen molar-refractivity contribution < 1.29 is 0 Å². The fourth-order valence-electron chi connectivity index (χ4n) is 1.84. The monoisotopic (exact) mass is 128 g/mol. The second-order valence-electron chi connectivity index (χ2n) is 3.27. The quantitative estimate of drug-likeness (QED) is 0.483. The third-order valence-electron chi connectivity index (χ3n) is 2.44. The molecule has 2 aliphatic rings. The first kappa shape index (κ1) is 5.16. The van der Waals surface area contributed by atoms with E-state index in [0.29, 0.717) is 0 Å². The minimum absolute atomic E-state index is 0.727. The van der Waals surface area contributed by atoms with Crippen molar-refractivity contribution in [3.63, 3.8) is 0 Å². The molecule has 2 rings (SSSR count). The summed E-state index contributed by atoms with van der Waals surface area (Å²) in [5, 5.41) is 1.06. The van der Waals surface area contributed by atoms with Crippen molar-refractivity contribution in [2.24, 2.45) is 0 Å². The maximum absolute atomic E-state index is 2.42. The molecule has 46 valence electrons. The highest BCUT2D eigenvalue weighted by Crippen LogP contribution is 2.54. The van der Waals surface area contributed by atoms with Gasteiger partial charge in [-0.2, -0.15) is 11.8 Å². The van der Waals surface area contributed by atoms with Gasteiger partial charge in [0.15, 0.2) is 0 Å². The highest BCUT2D eigenvalue weighted by Gasteiger charge is 2.41. The molecule has 0 aromatic rings. The zero-order chi connectivity index (χ0) is 5.61. The molecule has 1 heteroatoms. The molecule has 0 atom stereocenters. The van der Waals surface area contributed by atoms with Crippen molar-refractivity contribution in [1.29, 1.82) is 0 Å². The summed E-state index contributed by atoms with van der Waals surface area (Å²) in [5.41, 5.74) is 0. The Hall–Kier alpha value is 0.350. The van der Waals surface area contributed by atoms with Crippen LogP contribution in [0.2, 0.25) is 0 Å². The molecule has 0 amide bonds. The summed E-state index contributed by atoms with van der Waals surface area (Å²) in [6.07, 6.45) is 5.98. The Kier molecular flexibility index (Phi) is 0.928. The third-order valence-corrected chi connectivity index (χ3v) is 4.22. The lowest BCUT2D eigenvalue weighted by atomic mass is 9.91. The molecule has 0 saturated carbocycles. The van der Waals surface area contributed by atoms with Crippen molar-refractivity contribution in [3.05, 3.63) is 0 Å². The molecular weight excluding hydrogens is 116 g/mol.